The highest BCUT2D eigenvalue weighted by Gasteiger charge is 2.26. The summed E-state index contributed by atoms with van der Waals surface area (Å²) in [6, 6.07) is 1.37. The standard InChI is InChI=1S/C14H15N5O3S/c1-10-11(19(21)22)8-12(23-10)14(20)18-6-4-17(5-7-18)13-9-15-2-3-16-13/h2-3,8-9H,4-7H2,1H3. The van der Waals surface area contributed by atoms with Gasteiger partial charge in [-0.2, -0.15) is 0 Å². The summed E-state index contributed by atoms with van der Waals surface area (Å²) in [5.41, 5.74) is 0.0107. The highest BCUT2D eigenvalue weighted by atomic mass is 32.1. The lowest BCUT2D eigenvalue weighted by atomic mass is 10.3. The largest absolute Gasteiger partial charge is 0.352 e. The number of aryl methyl sites for hydroxylation is 1. The molecule has 3 heterocycles. The van der Waals surface area contributed by atoms with Crippen LogP contribution in [0, 0.1) is 17.0 Å². The molecule has 9 heteroatoms. The third-order valence-corrected chi connectivity index (χ3v) is 4.77. The van der Waals surface area contributed by atoms with Crippen LogP contribution in [-0.2, 0) is 0 Å². The molecule has 0 spiro atoms. The van der Waals surface area contributed by atoms with Crippen molar-refractivity contribution in [2.24, 2.45) is 0 Å². The molecule has 0 unspecified atom stereocenters. The fraction of sp³-hybridized carbons (Fsp3) is 0.357. The minimum Gasteiger partial charge on any atom is -0.352 e. The van der Waals surface area contributed by atoms with Crippen LogP contribution in [0.4, 0.5) is 11.5 Å². The first-order valence-corrected chi connectivity index (χ1v) is 7.93. The van der Waals surface area contributed by atoms with E-state index in [1.807, 2.05) is 0 Å². The van der Waals surface area contributed by atoms with Gasteiger partial charge in [0.1, 0.15) is 5.82 Å². The smallest absolute Gasteiger partial charge is 0.283 e. The summed E-state index contributed by atoms with van der Waals surface area (Å²) < 4.78 is 0. The van der Waals surface area contributed by atoms with Crippen LogP contribution in [-0.4, -0.2) is 51.9 Å². The Morgan fingerprint density at radius 1 is 1.30 bits per heavy atom. The lowest BCUT2D eigenvalue weighted by molar-refractivity contribution is -0.385. The van der Waals surface area contributed by atoms with Gasteiger partial charge in [-0.1, -0.05) is 0 Å². The van der Waals surface area contributed by atoms with Gasteiger partial charge in [0, 0.05) is 44.6 Å². The lowest BCUT2D eigenvalue weighted by Crippen LogP contribution is -2.48. The van der Waals surface area contributed by atoms with Crippen molar-refractivity contribution in [3.63, 3.8) is 0 Å². The average Bonchev–Trinajstić information content (AvgIpc) is 2.97. The van der Waals surface area contributed by atoms with E-state index in [0.717, 1.165) is 5.82 Å². The summed E-state index contributed by atoms with van der Waals surface area (Å²) in [7, 11) is 0. The van der Waals surface area contributed by atoms with Gasteiger partial charge in [-0.05, 0) is 6.92 Å². The maximum absolute atomic E-state index is 12.5. The molecule has 1 aliphatic heterocycles. The SMILES string of the molecule is Cc1sc(C(=O)N2CCN(c3cnccn3)CC2)cc1[N+](=O)[O-]. The quantitative estimate of drug-likeness (QED) is 0.627. The molecule has 0 N–H and O–H groups in total. The Hall–Kier alpha value is -2.55. The lowest BCUT2D eigenvalue weighted by Gasteiger charge is -2.34. The topological polar surface area (TPSA) is 92.5 Å². The fourth-order valence-corrected chi connectivity index (χ4v) is 3.46. The van der Waals surface area contributed by atoms with Gasteiger partial charge in [0.05, 0.1) is 20.9 Å². The number of piperazine rings is 1. The van der Waals surface area contributed by atoms with Crippen molar-refractivity contribution in [1.82, 2.24) is 14.9 Å². The Balaban J connectivity index is 1.67. The van der Waals surface area contributed by atoms with Crippen LogP contribution in [0.25, 0.3) is 0 Å². The van der Waals surface area contributed by atoms with E-state index in [-0.39, 0.29) is 11.6 Å². The molecule has 1 saturated heterocycles. The number of nitro groups is 1. The Morgan fingerprint density at radius 3 is 2.61 bits per heavy atom. The van der Waals surface area contributed by atoms with Crippen molar-refractivity contribution >= 4 is 28.7 Å². The highest BCUT2D eigenvalue weighted by Crippen LogP contribution is 2.29. The van der Waals surface area contributed by atoms with Gasteiger partial charge in [0.2, 0.25) is 0 Å². The van der Waals surface area contributed by atoms with Gasteiger partial charge >= 0.3 is 0 Å². The summed E-state index contributed by atoms with van der Waals surface area (Å²) in [5, 5.41) is 10.9. The molecule has 3 rings (SSSR count). The highest BCUT2D eigenvalue weighted by molar-refractivity contribution is 7.14. The van der Waals surface area contributed by atoms with E-state index in [1.54, 1.807) is 30.4 Å². The first-order valence-electron chi connectivity index (χ1n) is 7.11. The van der Waals surface area contributed by atoms with Gasteiger partial charge in [-0.3, -0.25) is 19.9 Å². The first kappa shape index (κ1) is 15.3. The molecule has 0 radical (unpaired) electrons. The van der Waals surface area contributed by atoms with Crippen molar-refractivity contribution in [3.8, 4) is 0 Å². The van der Waals surface area contributed by atoms with Crippen LogP contribution >= 0.6 is 11.3 Å². The van der Waals surface area contributed by atoms with Gasteiger partial charge in [0.25, 0.3) is 11.6 Å². The van der Waals surface area contributed by atoms with E-state index in [9.17, 15) is 14.9 Å². The zero-order valence-corrected chi connectivity index (χ0v) is 13.3. The van der Waals surface area contributed by atoms with Crippen LogP contribution in [0.15, 0.2) is 24.7 Å². The number of hydrogen-bond acceptors (Lipinski definition) is 7. The molecule has 2 aromatic rings. The second kappa shape index (κ2) is 6.29. The molecule has 8 nitrogen and oxygen atoms in total. The summed E-state index contributed by atoms with van der Waals surface area (Å²) in [5.74, 6) is 0.646. The van der Waals surface area contributed by atoms with Gasteiger partial charge < -0.3 is 9.80 Å². The van der Waals surface area contributed by atoms with Gasteiger partial charge in [0.15, 0.2) is 0 Å². The number of hydrogen-bond donors (Lipinski definition) is 0. The Kier molecular flexibility index (Phi) is 4.20. The predicted octanol–water partition coefficient (Wildman–Crippen LogP) is 1.72. The number of aromatic nitrogens is 2. The van der Waals surface area contributed by atoms with Crippen molar-refractivity contribution < 1.29 is 9.72 Å². The molecule has 120 valence electrons. The molecule has 0 saturated carbocycles. The molecular weight excluding hydrogens is 318 g/mol. The number of rotatable bonds is 3. The van der Waals surface area contributed by atoms with Crippen LogP contribution in [0.2, 0.25) is 0 Å². The second-order valence-electron chi connectivity index (χ2n) is 5.15. The minimum absolute atomic E-state index is 0.0107. The maximum atomic E-state index is 12.5. The van der Waals surface area contributed by atoms with Crippen LogP contribution < -0.4 is 4.90 Å². The van der Waals surface area contributed by atoms with Crippen molar-refractivity contribution in [3.05, 3.63) is 44.5 Å². The van der Waals surface area contributed by atoms with Gasteiger partial charge in [-0.25, -0.2) is 4.98 Å². The van der Waals surface area contributed by atoms with Crippen molar-refractivity contribution in [2.45, 2.75) is 6.92 Å². The fourth-order valence-electron chi connectivity index (χ4n) is 2.51. The first-order chi connectivity index (χ1) is 11.1. The van der Waals surface area contributed by atoms with Crippen molar-refractivity contribution in [2.75, 3.05) is 31.1 Å². The number of nitrogens with zero attached hydrogens (tertiary/aromatic N) is 5. The maximum Gasteiger partial charge on any atom is 0.283 e. The molecule has 1 aliphatic rings. The molecule has 0 aliphatic carbocycles. The average molecular weight is 333 g/mol. The summed E-state index contributed by atoms with van der Waals surface area (Å²) in [6.07, 6.45) is 4.96. The van der Waals surface area contributed by atoms with Crippen LogP contribution in [0.3, 0.4) is 0 Å². The molecule has 1 amide bonds. The van der Waals surface area contributed by atoms with Crippen LogP contribution in [0.5, 0.6) is 0 Å². The predicted molar refractivity (Wildman–Crippen MR) is 85.9 cm³/mol. The number of thiophene rings is 1. The van der Waals surface area contributed by atoms with E-state index >= 15 is 0 Å². The van der Waals surface area contributed by atoms with E-state index < -0.39 is 4.92 Å². The zero-order valence-electron chi connectivity index (χ0n) is 12.5. The third kappa shape index (κ3) is 3.14. The molecular formula is C14H15N5O3S. The normalized spacial score (nSPS) is 14.8. The molecule has 0 atom stereocenters. The summed E-state index contributed by atoms with van der Waals surface area (Å²) in [4.78, 5) is 36.0. The van der Waals surface area contributed by atoms with E-state index in [4.69, 9.17) is 0 Å². The van der Waals surface area contributed by atoms with E-state index in [1.165, 1.54) is 17.4 Å². The Labute approximate surface area is 136 Å². The monoisotopic (exact) mass is 333 g/mol. The Morgan fingerprint density at radius 2 is 2.04 bits per heavy atom. The number of anilines is 1. The molecule has 0 bridgehead atoms. The van der Waals surface area contributed by atoms with Gasteiger partial charge in [-0.15, -0.1) is 11.3 Å². The molecule has 23 heavy (non-hydrogen) atoms. The molecule has 0 aromatic carbocycles. The van der Waals surface area contributed by atoms with Crippen LogP contribution in [0.1, 0.15) is 14.5 Å². The van der Waals surface area contributed by atoms with Crippen molar-refractivity contribution in [1.29, 1.82) is 0 Å². The van der Waals surface area contributed by atoms with E-state index in [2.05, 4.69) is 14.9 Å². The summed E-state index contributed by atoms with van der Waals surface area (Å²) >= 11 is 1.17. The minimum atomic E-state index is -0.450. The zero-order chi connectivity index (χ0) is 16.4. The Bertz CT molecular complexity index is 725. The number of carbonyl (C=O) groups excluding carboxylic acids is 1. The third-order valence-electron chi connectivity index (χ3n) is 3.74. The molecule has 2 aromatic heterocycles. The number of amides is 1. The van der Waals surface area contributed by atoms with E-state index in [0.29, 0.717) is 35.9 Å². The number of carbonyl (C=O) groups is 1. The molecule has 1 fully saturated rings. The summed E-state index contributed by atoms with van der Waals surface area (Å²) in [6.45, 7) is 4.10. The second-order valence-corrected chi connectivity index (χ2v) is 6.41.